The zero-order valence-electron chi connectivity index (χ0n) is 15.5. The molecular weight excluding hydrogens is 375 g/mol. The number of carbonyl (C=O) groups is 1. The van der Waals surface area contributed by atoms with Crippen LogP contribution in [0.5, 0.6) is 0 Å². The maximum atomic E-state index is 13.3. The first-order valence-electron chi connectivity index (χ1n) is 9.30. The second kappa shape index (κ2) is 8.14. The Kier molecular flexibility index (Phi) is 5.43. The van der Waals surface area contributed by atoms with Crippen LogP contribution in [-0.4, -0.2) is 32.0 Å². The van der Waals surface area contributed by atoms with E-state index in [0.29, 0.717) is 23.6 Å². The molecule has 1 fully saturated rings. The first kappa shape index (κ1) is 18.7. The van der Waals surface area contributed by atoms with Crippen LogP contribution >= 0.6 is 11.8 Å². The monoisotopic (exact) mass is 396 g/mol. The van der Waals surface area contributed by atoms with Crippen LogP contribution in [0.2, 0.25) is 0 Å². The van der Waals surface area contributed by atoms with Crippen LogP contribution in [0, 0.1) is 5.82 Å². The number of benzene rings is 2. The molecule has 1 N–H and O–H groups in total. The summed E-state index contributed by atoms with van der Waals surface area (Å²) >= 11 is 1.39. The minimum absolute atomic E-state index is 0.0186. The number of rotatable bonds is 7. The van der Waals surface area contributed by atoms with E-state index in [-0.39, 0.29) is 17.0 Å². The Morgan fingerprint density at radius 3 is 2.57 bits per heavy atom. The maximum Gasteiger partial charge on any atom is 0.233 e. The van der Waals surface area contributed by atoms with Crippen LogP contribution < -0.4 is 5.32 Å². The summed E-state index contributed by atoms with van der Waals surface area (Å²) < 4.78 is 15.3. The van der Waals surface area contributed by atoms with Gasteiger partial charge in [-0.25, -0.2) is 4.39 Å². The van der Waals surface area contributed by atoms with E-state index in [1.165, 1.54) is 23.9 Å². The molecule has 0 unspecified atom stereocenters. The van der Waals surface area contributed by atoms with Crippen LogP contribution in [0.15, 0.2) is 59.8 Å². The van der Waals surface area contributed by atoms with Crippen molar-refractivity contribution in [3.05, 3.63) is 66.0 Å². The van der Waals surface area contributed by atoms with Crippen LogP contribution in [-0.2, 0) is 11.3 Å². The second-order valence-corrected chi connectivity index (χ2v) is 8.24. The zero-order valence-corrected chi connectivity index (χ0v) is 16.3. The minimum Gasteiger partial charge on any atom is -0.352 e. The lowest BCUT2D eigenvalue weighted by atomic mass is 10.2. The van der Waals surface area contributed by atoms with E-state index in [1.807, 2.05) is 41.8 Å². The molecule has 4 rings (SSSR count). The molecule has 28 heavy (non-hydrogen) atoms. The van der Waals surface area contributed by atoms with Gasteiger partial charge in [0.05, 0.1) is 11.8 Å². The van der Waals surface area contributed by atoms with Crippen molar-refractivity contribution in [2.24, 2.45) is 0 Å². The Bertz CT molecular complexity index is 954. The van der Waals surface area contributed by atoms with Crippen LogP contribution in [0.1, 0.15) is 25.3 Å². The van der Waals surface area contributed by atoms with Crippen LogP contribution in [0.4, 0.5) is 4.39 Å². The normalized spacial score (nSPS) is 14.6. The number of nitrogens with one attached hydrogen (secondary N) is 1. The number of thioether (sulfide) groups is 1. The Morgan fingerprint density at radius 2 is 1.89 bits per heavy atom. The molecule has 3 aromatic rings. The average molecular weight is 396 g/mol. The number of carbonyl (C=O) groups excluding carboxylic acids is 1. The van der Waals surface area contributed by atoms with Gasteiger partial charge >= 0.3 is 0 Å². The van der Waals surface area contributed by atoms with E-state index in [4.69, 9.17) is 0 Å². The highest BCUT2D eigenvalue weighted by Crippen LogP contribution is 2.29. The SMILES string of the molecule is C[C@@H](Sc1nnc(-c2ccc(F)cc2)n1Cc1ccccc1)C(=O)NC1CC1. The fraction of sp³-hybridized carbons (Fsp3) is 0.286. The van der Waals surface area contributed by atoms with Crippen molar-refractivity contribution < 1.29 is 9.18 Å². The molecule has 1 aromatic heterocycles. The van der Waals surface area contributed by atoms with Gasteiger partial charge in [0.2, 0.25) is 5.91 Å². The summed E-state index contributed by atoms with van der Waals surface area (Å²) in [5.74, 6) is 0.379. The van der Waals surface area contributed by atoms with Gasteiger partial charge in [-0.2, -0.15) is 0 Å². The highest BCUT2D eigenvalue weighted by atomic mass is 32.2. The standard InChI is InChI=1S/C21H21FN4OS/c1-14(20(27)23-18-11-12-18)28-21-25-24-19(16-7-9-17(22)10-8-16)26(21)13-15-5-3-2-4-6-15/h2-10,14,18H,11-13H2,1H3,(H,23,27)/t14-/m1/s1. The molecule has 7 heteroatoms. The van der Waals surface area contributed by atoms with Crippen molar-refractivity contribution >= 4 is 17.7 Å². The number of amides is 1. The molecule has 1 heterocycles. The molecule has 144 valence electrons. The van der Waals surface area contributed by atoms with Crippen molar-refractivity contribution in [2.45, 2.75) is 42.8 Å². The summed E-state index contributed by atoms with van der Waals surface area (Å²) in [6.07, 6.45) is 2.12. The van der Waals surface area contributed by atoms with Crippen molar-refractivity contribution in [3.63, 3.8) is 0 Å². The predicted octanol–water partition coefficient (Wildman–Crippen LogP) is 3.89. The minimum atomic E-state index is -0.294. The van der Waals surface area contributed by atoms with Gasteiger partial charge in [-0.05, 0) is 49.6 Å². The van der Waals surface area contributed by atoms with E-state index in [2.05, 4.69) is 15.5 Å². The molecule has 1 aliphatic carbocycles. The smallest absolute Gasteiger partial charge is 0.233 e. The number of nitrogens with zero attached hydrogens (tertiary/aromatic N) is 3. The number of halogens is 1. The third-order valence-electron chi connectivity index (χ3n) is 4.58. The summed E-state index contributed by atoms with van der Waals surface area (Å²) in [4.78, 5) is 12.4. The lowest BCUT2D eigenvalue weighted by molar-refractivity contribution is -0.120. The summed E-state index contributed by atoms with van der Waals surface area (Å²) in [5, 5.41) is 12.1. The zero-order chi connectivity index (χ0) is 19.5. The van der Waals surface area contributed by atoms with Crippen molar-refractivity contribution in [1.82, 2.24) is 20.1 Å². The Balaban J connectivity index is 1.63. The van der Waals surface area contributed by atoms with Crippen molar-refractivity contribution in [2.75, 3.05) is 0 Å². The summed E-state index contributed by atoms with van der Waals surface area (Å²) in [6, 6.07) is 16.5. The van der Waals surface area contributed by atoms with Crippen LogP contribution in [0.25, 0.3) is 11.4 Å². The predicted molar refractivity (Wildman–Crippen MR) is 107 cm³/mol. The Labute approximate surface area is 167 Å². The Hall–Kier alpha value is -2.67. The van der Waals surface area contributed by atoms with Crippen molar-refractivity contribution in [3.8, 4) is 11.4 Å². The van der Waals surface area contributed by atoms with E-state index >= 15 is 0 Å². The van der Waals surface area contributed by atoms with Gasteiger partial charge in [0.1, 0.15) is 5.82 Å². The molecule has 1 aliphatic rings. The largest absolute Gasteiger partial charge is 0.352 e. The highest BCUT2D eigenvalue weighted by Gasteiger charge is 2.27. The number of hydrogen-bond donors (Lipinski definition) is 1. The quantitative estimate of drug-likeness (QED) is 0.616. The molecule has 0 bridgehead atoms. The lowest BCUT2D eigenvalue weighted by Gasteiger charge is -2.14. The van der Waals surface area contributed by atoms with Gasteiger partial charge < -0.3 is 5.32 Å². The molecule has 1 atom stereocenters. The van der Waals surface area contributed by atoms with Gasteiger partial charge in [0.15, 0.2) is 11.0 Å². The molecule has 2 aromatic carbocycles. The lowest BCUT2D eigenvalue weighted by Crippen LogP contribution is -2.32. The molecular formula is C21H21FN4OS. The summed E-state index contributed by atoms with van der Waals surface area (Å²) in [7, 11) is 0. The molecule has 1 amide bonds. The summed E-state index contributed by atoms with van der Waals surface area (Å²) in [6.45, 7) is 2.45. The third-order valence-corrected chi connectivity index (χ3v) is 5.66. The number of hydrogen-bond acceptors (Lipinski definition) is 4. The first-order chi connectivity index (χ1) is 13.6. The molecule has 0 aliphatic heterocycles. The fourth-order valence-electron chi connectivity index (χ4n) is 2.85. The van der Waals surface area contributed by atoms with E-state index in [1.54, 1.807) is 12.1 Å². The van der Waals surface area contributed by atoms with Gasteiger partial charge in [0.25, 0.3) is 0 Å². The third kappa shape index (κ3) is 4.42. The summed E-state index contributed by atoms with van der Waals surface area (Å²) in [5.41, 5.74) is 1.88. The van der Waals surface area contributed by atoms with E-state index in [9.17, 15) is 9.18 Å². The maximum absolute atomic E-state index is 13.3. The van der Waals surface area contributed by atoms with E-state index < -0.39 is 0 Å². The molecule has 0 spiro atoms. The van der Waals surface area contributed by atoms with Gasteiger partial charge in [-0.1, -0.05) is 42.1 Å². The Morgan fingerprint density at radius 1 is 1.18 bits per heavy atom. The van der Waals surface area contributed by atoms with Crippen molar-refractivity contribution in [1.29, 1.82) is 0 Å². The molecule has 1 saturated carbocycles. The van der Waals surface area contributed by atoms with Gasteiger partial charge in [0, 0.05) is 11.6 Å². The fourth-order valence-corrected chi connectivity index (χ4v) is 3.71. The second-order valence-electron chi connectivity index (χ2n) is 6.93. The number of aromatic nitrogens is 3. The van der Waals surface area contributed by atoms with E-state index in [0.717, 1.165) is 24.0 Å². The van der Waals surface area contributed by atoms with Crippen LogP contribution in [0.3, 0.4) is 0 Å². The highest BCUT2D eigenvalue weighted by molar-refractivity contribution is 8.00. The molecule has 0 radical (unpaired) electrons. The van der Waals surface area contributed by atoms with Gasteiger partial charge in [-0.3, -0.25) is 9.36 Å². The topological polar surface area (TPSA) is 59.8 Å². The average Bonchev–Trinajstić information content (AvgIpc) is 3.44. The molecule has 0 saturated heterocycles. The van der Waals surface area contributed by atoms with Gasteiger partial charge in [-0.15, -0.1) is 10.2 Å². The molecule has 5 nitrogen and oxygen atoms in total. The first-order valence-corrected chi connectivity index (χ1v) is 10.2.